The summed E-state index contributed by atoms with van der Waals surface area (Å²) in [6.07, 6.45) is 3.94. The summed E-state index contributed by atoms with van der Waals surface area (Å²) in [5, 5.41) is 0. The number of carbonyl (C=O) groups excluding carboxylic acids is 1. The number of aromatic amines is 1. The number of H-pyrrole nitrogens is 1. The van der Waals surface area contributed by atoms with E-state index in [1.54, 1.807) is 17.9 Å². The van der Waals surface area contributed by atoms with E-state index in [2.05, 4.69) is 9.97 Å². The summed E-state index contributed by atoms with van der Waals surface area (Å²) in [5.41, 5.74) is 0.879. The molecule has 132 valence electrons. The Bertz CT molecular complexity index is 810. The molecular formula is C19H22FN3O2. The summed E-state index contributed by atoms with van der Waals surface area (Å²) in [4.78, 5) is 32.7. The van der Waals surface area contributed by atoms with Crippen LogP contribution in [0.15, 0.2) is 35.3 Å². The molecule has 2 heterocycles. The number of carbonyl (C=O) groups is 1. The van der Waals surface area contributed by atoms with Gasteiger partial charge in [0.15, 0.2) is 0 Å². The van der Waals surface area contributed by atoms with Crippen molar-refractivity contribution < 1.29 is 9.18 Å². The third-order valence-corrected chi connectivity index (χ3v) is 4.78. The molecule has 1 aromatic heterocycles. The summed E-state index contributed by atoms with van der Waals surface area (Å²) in [6, 6.07) is 6.86. The molecule has 0 bridgehead atoms. The molecule has 1 aliphatic rings. The largest absolute Gasteiger partial charge is 0.342 e. The highest BCUT2D eigenvalue weighted by molar-refractivity contribution is 5.78. The molecule has 1 aromatic carbocycles. The molecule has 0 spiro atoms. The predicted molar refractivity (Wildman–Crippen MR) is 92.7 cm³/mol. The van der Waals surface area contributed by atoms with E-state index in [0.717, 1.165) is 18.4 Å². The number of nitrogens with one attached hydrogen (secondary N) is 1. The van der Waals surface area contributed by atoms with Crippen molar-refractivity contribution in [3.05, 3.63) is 63.6 Å². The molecule has 1 saturated heterocycles. The minimum Gasteiger partial charge on any atom is -0.342 e. The van der Waals surface area contributed by atoms with Gasteiger partial charge in [0, 0.05) is 24.8 Å². The first-order valence-corrected chi connectivity index (χ1v) is 8.59. The maximum atomic E-state index is 13.8. The van der Waals surface area contributed by atoms with Gasteiger partial charge in [-0.1, -0.05) is 18.2 Å². The first kappa shape index (κ1) is 17.3. The third kappa shape index (κ3) is 4.32. The van der Waals surface area contributed by atoms with Crippen LogP contribution in [0.1, 0.15) is 29.8 Å². The van der Waals surface area contributed by atoms with Crippen molar-refractivity contribution >= 4 is 5.91 Å². The second-order valence-corrected chi connectivity index (χ2v) is 6.62. The molecule has 1 aliphatic heterocycles. The number of likely N-dealkylation sites (tertiary alicyclic amines) is 1. The minimum atomic E-state index is -0.254. The molecular weight excluding hydrogens is 321 g/mol. The highest BCUT2D eigenvalue weighted by Crippen LogP contribution is 2.23. The van der Waals surface area contributed by atoms with Gasteiger partial charge in [0.1, 0.15) is 11.6 Å². The van der Waals surface area contributed by atoms with Crippen molar-refractivity contribution in [2.24, 2.45) is 5.92 Å². The van der Waals surface area contributed by atoms with Crippen LogP contribution in [-0.4, -0.2) is 33.9 Å². The van der Waals surface area contributed by atoms with Gasteiger partial charge in [-0.25, -0.2) is 9.37 Å². The second kappa shape index (κ2) is 7.59. The van der Waals surface area contributed by atoms with Crippen molar-refractivity contribution in [3.8, 4) is 0 Å². The zero-order valence-corrected chi connectivity index (χ0v) is 14.3. The summed E-state index contributed by atoms with van der Waals surface area (Å²) in [5.74, 6) is 0.702. The molecule has 6 heteroatoms. The van der Waals surface area contributed by atoms with Gasteiger partial charge in [-0.15, -0.1) is 0 Å². The van der Waals surface area contributed by atoms with Crippen molar-refractivity contribution in [2.45, 2.75) is 32.6 Å². The van der Waals surface area contributed by atoms with Crippen LogP contribution in [0, 0.1) is 18.7 Å². The topological polar surface area (TPSA) is 66.1 Å². The summed E-state index contributed by atoms with van der Waals surface area (Å²) in [7, 11) is 0. The van der Waals surface area contributed by atoms with E-state index in [4.69, 9.17) is 0 Å². The fraction of sp³-hybridized carbons (Fsp3) is 0.421. The third-order valence-electron chi connectivity index (χ3n) is 4.78. The monoisotopic (exact) mass is 343 g/mol. The normalized spacial score (nSPS) is 15.4. The number of nitrogens with zero attached hydrogens (tertiary/aromatic N) is 2. The molecule has 1 fully saturated rings. The van der Waals surface area contributed by atoms with Crippen molar-refractivity contribution in [3.63, 3.8) is 0 Å². The van der Waals surface area contributed by atoms with Gasteiger partial charge in [0.2, 0.25) is 5.91 Å². The van der Waals surface area contributed by atoms with E-state index in [-0.39, 0.29) is 23.7 Å². The van der Waals surface area contributed by atoms with Crippen molar-refractivity contribution in [1.82, 2.24) is 14.9 Å². The lowest BCUT2D eigenvalue weighted by atomic mass is 9.90. The number of aryl methyl sites for hydroxylation is 1. The lowest BCUT2D eigenvalue weighted by molar-refractivity contribution is -0.131. The number of amides is 1. The Balaban J connectivity index is 1.54. The average molecular weight is 343 g/mol. The lowest BCUT2D eigenvalue weighted by Gasteiger charge is -2.32. The molecule has 0 radical (unpaired) electrons. The maximum Gasteiger partial charge on any atom is 0.254 e. The number of halogens is 1. The van der Waals surface area contributed by atoms with Crippen LogP contribution < -0.4 is 5.56 Å². The molecule has 0 saturated carbocycles. The standard InChI is InChI=1S/C19H22FN3O2/c1-13-21-12-16(19(25)22-13)11-18(24)23-8-6-14(7-9-23)10-15-4-2-3-5-17(15)20/h2-5,12,14H,6-11H2,1H3,(H,21,22,25). The number of rotatable bonds is 4. The van der Waals surface area contributed by atoms with Crippen LogP contribution in [0.3, 0.4) is 0 Å². The molecule has 1 amide bonds. The quantitative estimate of drug-likeness (QED) is 0.926. The number of hydrogen-bond acceptors (Lipinski definition) is 3. The number of benzene rings is 1. The molecule has 5 nitrogen and oxygen atoms in total. The first-order chi connectivity index (χ1) is 12.0. The molecule has 25 heavy (non-hydrogen) atoms. The van der Waals surface area contributed by atoms with Crippen molar-refractivity contribution in [2.75, 3.05) is 13.1 Å². The zero-order valence-electron chi connectivity index (χ0n) is 14.3. The molecule has 0 atom stereocenters. The Morgan fingerprint density at radius 1 is 1.28 bits per heavy atom. The summed E-state index contributed by atoms with van der Waals surface area (Å²) >= 11 is 0. The Morgan fingerprint density at radius 3 is 2.68 bits per heavy atom. The van der Waals surface area contributed by atoms with E-state index >= 15 is 0 Å². The van der Waals surface area contributed by atoms with Crippen LogP contribution in [0.2, 0.25) is 0 Å². The number of hydrogen-bond donors (Lipinski definition) is 1. The SMILES string of the molecule is Cc1ncc(CC(=O)N2CCC(Cc3ccccc3F)CC2)c(=O)[nH]1. The van der Waals surface area contributed by atoms with Crippen LogP contribution in [0.4, 0.5) is 4.39 Å². The first-order valence-electron chi connectivity index (χ1n) is 8.59. The highest BCUT2D eigenvalue weighted by atomic mass is 19.1. The van der Waals surface area contributed by atoms with E-state index < -0.39 is 0 Å². The van der Waals surface area contributed by atoms with Gasteiger partial charge in [-0.05, 0) is 43.7 Å². The Labute approximate surface area is 145 Å². The van der Waals surface area contributed by atoms with E-state index in [1.165, 1.54) is 12.3 Å². The smallest absolute Gasteiger partial charge is 0.254 e. The Morgan fingerprint density at radius 2 is 2.00 bits per heavy atom. The van der Waals surface area contributed by atoms with E-state index in [0.29, 0.717) is 36.8 Å². The summed E-state index contributed by atoms with van der Waals surface area (Å²) in [6.45, 7) is 3.00. The van der Waals surface area contributed by atoms with Gasteiger partial charge in [0.25, 0.3) is 5.56 Å². The van der Waals surface area contributed by atoms with Crippen LogP contribution >= 0.6 is 0 Å². The van der Waals surface area contributed by atoms with Gasteiger partial charge >= 0.3 is 0 Å². The van der Waals surface area contributed by atoms with Crippen LogP contribution in [0.5, 0.6) is 0 Å². The Kier molecular flexibility index (Phi) is 5.26. The van der Waals surface area contributed by atoms with Gasteiger partial charge in [0.05, 0.1) is 6.42 Å². The van der Waals surface area contributed by atoms with E-state index in [1.807, 2.05) is 12.1 Å². The lowest BCUT2D eigenvalue weighted by Crippen LogP contribution is -2.40. The minimum absolute atomic E-state index is 0.0551. The fourth-order valence-electron chi connectivity index (χ4n) is 3.27. The van der Waals surface area contributed by atoms with Crippen LogP contribution in [0.25, 0.3) is 0 Å². The average Bonchev–Trinajstić information content (AvgIpc) is 2.60. The van der Waals surface area contributed by atoms with Gasteiger partial charge in [-0.2, -0.15) is 0 Å². The van der Waals surface area contributed by atoms with E-state index in [9.17, 15) is 14.0 Å². The number of aromatic nitrogens is 2. The van der Waals surface area contributed by atoms with Crippen molar-refractivity contribution in [1.29, 1.82) is 0 Å². The molecule has 2 aromatic rings. The van der Waals surface area contributed by atoms with Gasteiger partial charge < -0.3 is 9.88 Å². The zero-order chi connectivity index (χ0) is 17.8. The molecule has 0 aliphatic carbocycles. The van der Waals surface area contributed by atoms with Gasteiger partial charge in [-0.3, -0.25) is 9.59 Å². The summed E-state index contributed by atoms with van der Waals surface area (Å²) < 4.78 is 13.8. The fourth-order valence-corrected chi connectivity index (χ4v) is 3.27. The Hall–Kier alpha value is -2.50. The maximum absolute atomic E-state index is 13.8. The number of piperidine rings is 1. The molecule has 0 unspecified atom stereocenters. The molecule has 1 N–H and O–H groups in total. The highest BCUT2D eigenvalue weighted by Gasteiger charge is 2.24. The van der Waals surface area contributed by atoms with Crippen LogP contribution in [-0.2, 0) is 17.6 Å². The predicted octanol–water partition coefficient (Wildman–Crippen LogP) is 2.24. The second-order valence-electron chi connectivity index (χ2n) is 6.62. The molecule has 3 rings (SSSR count).